The van der Waals surface area contributed by atoms with Gasteiger partial charge in [-0.3, -0.25) is 0 Å². The Bertz CT molecular complexity index is 186. The maximum atomic E-state index is 9.49. The second-order valence-electron chi connectivity index (χ2n) is 2.14. The Hall–Kier alpha value is -0.897. The molecule has 0 aromatic rings. The molecule has 0 rings (SSSR count). The second kappa shape index (κ2) is 12.1. The molecule has 14 heavy (non-hydrogen) atoms. The fourth-order valence-corrected chi connectivity index (χ4v) is 0. The first kappa shape index (κ1) is 18.8. The summed E-state index contributed by atoms with van der Waals surface area (Å²) in [6, 6.07) is 0. The van der Waals surface area contributed by atoms with Crippen molar-refractivity contribution in [1.82, 2.24) is 0 Å². The molecule has 0 aliphatic heterocycles. The number of carboxylic acids is 2. The average molecular weight is 277 g/mol. The number of carbonyl (C=O) groups is 2. The Balaban J connectivity index is -0.000000147. The Labute approximate surface area is 97.4 Å². The first-order valence-electron chi connectivity index (χ1n) is 3.23. The number of rotatable bonds is 2. The average Bonchev–Trinajstić information content (AvgIpc) is 2.08. The van der Waals surface area contributed by atoms with Gasteiger partial charge in [0.1, 0.15) is 0 Å². The van der Waals surface area contributed by atoms with Crippen LogP contribution in [0.4, 0.5) is 0 Å². The van der Waals surface area contributed by atoms with E-state index in [0.29, 0.717) is 24.7 Å². The fraction of sp³-hybridized carbons (Fsp3) is 0.250. The van der Waals surface area contributed by atoms with Gasteiger partial charge < -0.3 is 19.8 Å². The number of aliphatic carboxylic acids is 2. The van der Waals surface area contributed by atoms with Crippen molar-refractivity contribution < 1.29 is 47.3 Å². The van der Waals surface area contributed by atoms with E-state index >= 15 is 0 Å². The van der Waals surface area contributed by atoms with Crippen LogP contribution in [0.5, 0.6) is 0 Å². The van der Waals surface area contributed by atoms with Crippen LogP contribution in [0.3, 0.4) is 0 Å². The summed E-state index contributed by atoms with van der Waals surface area (Å²) in [5.74, 6) is -2.37. The van der Waals surface area contributed by atoms with Crippen LogP contribution in [0, 0.1) is 0 Å². The van der Waals surface area contributed by atoms with Gasteiger partial charge in [-0.15, -0.1) is 0 Å². The van der Waals surface area contributed by atoms with E-state index in [1.807, 2.05) is 0 Å². The van der Waals surface area contributed by atoms with Crippen LogP contribution in [0.2, 0.25) is 0 Å². The number of hydrogen-bond donors (Lipinski definition) is 0. The minimum atomic E-state index is -1.19. The van der Waals surface area contributed by atoms with Crippen molar-refractivity contribution in [1.29, 1.82) is 0 Å². The van der Waals surface area contributed by atoms with Gasteiger partial charge in [-0.1, -0.05) is 13.2 Å². The number of carbonyl (C=O) groups excluding carboxylic acids is 2. The van der Waals surface area contributed by atoms with Crippen LogP contribution >= 0.6 is 0 Å². The zero-order valence-electron chi connectivity index (χ0n) is 7.96. The monoisotopic (exact) mass is 276 g/mol. The van der Waals surface area contributed by atoms with E-state index < -0.39 is 11.9 Å². The van der Waals surface area contributed by atoms with Crippen molar-refractivity contribution in [3.8, 4) is 0 Å². The van der Waals surface area contributed by atoms with Crippen LogP contribution in [0.25, 0.3) is 0 Å². The van der Waals surface area contributed by atoms with E-state index in [0.717, 1.165) is 0 Å². The van der Waals surface area contributed by atoms with Gasteiger partial charge in [0.05, 0.1) is 11.9 Å². The number of carboxylic acid groups (broad SMARTS) is 2. The maximum absolute atomic E-state index is 9.49. The molecule has 0 saturated heterocycles. The molecule has 0 atom stereocenters. The van der Waals surface area contributed by atoms with Gasteiger partial charge in [0, 0.05) is 0 Å². The molecule has 0 fully saturated rings. The molecular formula is C8H10O5Zr. The summed E-state index contributed by atoms with van der Waals surface area (Å²) in [4.78, 5) is 19.0. The van der Waals surface area contributed by atoms with Crippen molar-refractivity contribution in [3.63, 3.8) is 0 Å². The molecule has 0 saturated carbocycles. The van der Waals surface area contributed by atoms with Gasteiger partial charge in [0.2, 0.25) is 0 Å². The molecule has 76 valence electrons. The zero-order chi connectivity index (χ0) is 12.3. The first-order chi connectivity index (χ1) is 6.29. The quantitative estimate of drug-likeness (QED) is 0.572. The third kappa shape index (κ3) is 22.5. The summed E-state index contributed by atoms with van der Waals surface area (Å²) < 4.78 is 8.34. The van der Waals surface area contributed by atoms with E-state index in [9.17, 15) is 19.8 Å². The molecule has 0 heterocycles. The molecule has 0 aliphatic carbocycles. The summed E-state index contributed by atoms with van der Waals surface area (Å²) in [7, 11) is 0. The Morgan fingerprint density at radius 2 is 1.00 bits per heavy atom. The molecule has 0 aliphatic rings. The second-order valence-corrected chi connectivity index (χ2v) is 2.14. The Morgan fingerprint density at radius 1 is 0.929 bits per heavy atom. The predicted molar refractivity (Wildman–Crippen MR) is 40.3 cm³/mol. The molecule has 0 aromatic heterocycles. The minimum absolute atomic E-state index is 0.0648. The molecule has 0 radical (unpaired) electrons. The molecular weight excluding hydrogens is 267 g/mol. The SMILES string of the molecule is C=C(C)C(=O)[O-].C=C(C)C(=O)[O-].[O]=[Zr+2]. The van der Waals surface area contributed by atoms with Crippen LogP contribution < -0.4 is 10.2 Å². The molecule has 0 amide bonds. The van der Waals surface area contributed by atoms with E-state index in [4.69, 9.17) is 2.81 Å². The Kier molecular flexibility index (Phi) is 16.3. The third-order valence-electron chi connectivity index (χ3n) is 0.697. The first-order valence-corrected chi connectivity index (χ1v) is 4.23. The third-order valence-corrected chi connectivity index (χ3v) is 0.697. The van der Waals surface area contributed by atoms with Gasteiger partial charge in [0.25, 0.3) is 0 Å². The van der Waals surface area contributed by atoms with Crippen molar-refractivity contribution in [3.05, 3.63) is 24.3 Å². The van der Waals surface area contributed by atoms with Crippen LogP contribution in [-0.4, -0.2) is 11.9 Å². The van der Waals surface area contributed by atoms with Crippen molar-refractivity contribution in [2.75, 3.05) is 0 Å². The molecule has 5 nitrogen and oxygen atoms in total. The normalized spacial score (nSPS) is 6.86. The van der Waals surface area contributed by atoms with E-state index in [2.05, 4.69) is 13.2 Å². The molecule has 0 spiro atoms. The summed E-state index contributed by atoms with van der Waals surface area (Å²) in [6.45, 7) is 8.95. The summed E-state index contributed by atoms with van der Waals surface area (Å²) in [5, 5.41) is 19.0. The zero-order valence-corrected chi connectivity index (χ0v) is 10.4. The van der Waals surface area contributed by atoms with Crippen LogP contribution in [0.1, 0.15) is 13.8 Å². The molecule has 0 aromatic carbocycles. The van der Waals surface area contributed by atoms with E-state index in [1.165, 1.54) is 13.8 Å². The standard InChI is InChI=1S/2C4H6O2.O.Zr/c2*1-3(2)4(5)6;;/h2*1H2,2H3,(H,5,6);;/q;;;+2/p-2. The van der Waals surface area contributed by atoms with Gasteiger partial charge in [-0.05, 0) is 25.0 Å². The summed E-state index contributed by atoms with van der Waals surface area (Å²) in [6.07, 6.45) is 0. The molecule has 0 bridgehead atoms. The van der Waals surface area contributed by atoms with Crippen molar-refractivity contribution in [2.24, 2.45) is 0 Å². The van der Waals surface area contributed by atoms with Crippen molar-refractivity contribution >= 4 is 11.9 Å². The van der Waals surface area contributed by atoms with Crippen LogP contribution in [-0.2, 0) is 37.1 Å². The fourth-order valence-electron chi connectivity index (χ4n) is 0. The molecule has 6 heteroatoms. The topological polar surface area (TPSA) is 97.3 Å². The number of hydrogen-bond acceptors (Lipinski definition) is 5. The van der Waals surface area contributed by atoms with Gasteiger partial charge in [-0.2, -0.15) is 0 Å². The van der Waals surface area contributed by atoms with Gasteiger partial charge >= 0.3 is 27.5 Å². The Morgan fingerprint density at radius 3 is 1.00 bits per heavy atom. The molecule has 0 N–H and O–H groups in total. The van der Waals surface area contributed by atoms with Gasteiger partial charge in [0.15, 0.2) is 0 Å². The van der Waals surface area contributed by atoms with Gasteiger partial charge in [-0.25, -0.2) is 0 Å². The summed E-state index contributed by atoms with van der Waals surface area (Å²) in [5.41, 5.74) is 0.130. The van der Waals surface area contributed by atoms with E-state index in [1.54, 1.807) is 0 Å². The van der Waals surface area contributed by atoms with Crippen LogP contribution in [0.15, 0.2) is 24.3 Å². The van der Waals surface area contributed by atoms with E-state index in [-0.39, 0.29) is 11.1 Å². The summed E-state index contributed by atoms with van der Waals surface area (Å²) >= 11 is 0.300. The van der Waals surface area contributed by atoms with Crippen molar-refractivity contribution in [2.45, 2.75) is 13.8 Å². The predicted octanol–water partition coefficient (Wildman–Crippen LogP) is -1.50. The molecule has 0 unspecified atom stereocenters.